The Hall–Kier alpha value is -1.59. The Balaban J connectivity index is 4.32. The average Bonchev–Trinajstić information content (AvgIpc) is 3.09. The Labute approximate surface area is 304 Å². The molecule has 0 aromatic heterocycles. The highest BCUT2D eigenvalue weighted by atomic mass is 16.6. The topological polar surface area (TPSA) is 78.9 Å². The lowest BCUT2D eigenvalue weighted by Crippen LogP contribution is -2.32. The molecule has 0 radical (unpaired) electrons. The smallest absolute Gasteiger partial charge is 0.309 e. The SMILES string of the molecule is CCCCCCCCCCCCCCCC(=O)OCC(COC(=O)C(CCC)CCC)OC(=O)CCCCCCCCCCCCCCC. The summed E-state index contributed by atoms with van der Waals surface area (Å²) in [6.45, 7) is 8.51. The third-order valence-electron chi connectivity index (χ3n) is 9.72. The summed E-state index contributed by atoms with van der Waals surface area (Å²) >= 11 is 0. The lowest BCUT2D eigenvalue weighted by Gasteiger charge is -2.20. The van der Waals surface area contributed by atoms with Gasteiger partial charge in [0, 0.05) is 12.8 Å². The first-order valence-electron chi connectivity index (χ1n) is 21.5. The van der Waals surface area contributed by atoms with Crippen LogP contribution in [0.1, 0.15) is 233 Å². The van der Waals surface area contributed by atoms with E-state index in [4.69, 9.17) is 14.2 Å². The van der Waals surface area contributed by atoms with E-state index in [1.54, 1.807) is 0 Å². The van der Waals surface area contributed by atoms with Gasteiger partial charge >= 0.3 is 17.9 Å². The van der Waals surface area contributed by atoms with E-state index in [0.29, 0.717) is 12.8 Å². The summed E-state index contributed by atoms with van der Waals surface area (Å²) in [6.07, 6.45) is 35.9. The zero-order valence-electron chi connectivity index (χ0n) is 33.1. The van der Waals surface area contributed by atoms with Crippen molar-refractivity contribution in [2.75, 3.05) is 13.2 Å². The number of unbranched alkanes of at least 4 members (excludes halogenated alkanes) is 24. The second-order valence-electron chi connectivity index (χ2n) is 14.7. The molecule has 0 aliphatic rings. The van der Waals surface area contributed by atoms with E-state index in [9.17, 15) is 14.4 Å². The maximum atomic E-state index is 12.7. The molecule has 0 saturated carbocycles. The van der Waals surface area contributed by atoms with E-state index in [1.807, 2.05) is 0 Å². The van der Waals surface area contributed by atoms with Crippen molar-refractivity contribution < 1.29 is 28.6 Å². The molecule has 0 saturated heterocycles. The van der Waals surface area contributed by atoms with Crippen LogP contribution in [0.4, 0.5) is 0 Å². The number of carbonyl (C=O) groups is 3. The largest absolute Gasteiger partial charge is 0.462 e. The minimum atomic E-state index is -0.766. The molecular formula is C43H82O6. The van der Waals surface area contributed by atoms with Gasteiger partial charge in [-0.05, 0) is 25.7 Å². The zero-order valence-corrected chi connectivity index (χ0v) is 33.1. The van der Waals surface area contributed by atoms with Gasteiger partial charge in [-0.25, -0.2) is 0 Å². The molecule has 49 heavy (non-hydrogen) atoms. The fraction of sp³-hybridized carbons (Fsp3) is 0.930. The molecular weight excluding hydrogens is 612 g/mol. The number of hydrogen-bond acceptors (Lipinski definition) is 6. The van der Waals surface area contributed by atoms with Crippen molar-refractivity contribution in [3.63, 3.8) is 0 Å². The van der Waals surface area contributed by atoms with Crippen molar-refractivity contribution in [3.05, 3.63) is 0 Å². The standard InChI is InChI=1S/C43H82O6/c1-5-9-11-13-15-17-19-21-23-25-27-29-31-35-41(44)47-37-40(38-48-43(46)39(33-7-3)34-8-4)49-42(45)36-32-30-28-26-24-22-20-18-16-14-12-10-6-2/h39-40H,5-38H2,1-4H3. The highest BCUT2D eigenvalue weighted by Crippen LogP contribution is 2.17. The average molecular weight is 695 g/mol. The minimum absolute atomic E-state index is 0.0683. The van der Waals surface area contributed by atoms with Crippen LogP contribution in [0.2, 0.25) is 0 Å². The molecule has 0 heterocycles. The molecule has 0 amide bonds. The van der Waals surface area contributed by atoms with Crippen LogP contribution in [0, 0.1) is 5.92 Å². The number of ether oxygens (including phenoxy) is 3. The van der Waals surface area contributed by atoms with Crippen LogP contribution < -0.4 is 0 Å². The molecule has 0 aliphatic carbocycles. The maximum Gasteiger partial charge on any atom is 0.309 e. The molecule has 0 N–H and O–H groups in total. The number of esters is 3. The van der Waals surface area contributed by atoms with Crippen LogP contribution in [0.15, 0.2) is 0 Å². The van der Waals surface area contributed by atoms with Gasteiger partial charge in [0.15, 0.2) is 6.10 Å². The first-order chi connectivity index (χ1) is 24.0. The third-order valence-corrected chi connectivity index (χ3v) is 9.72. The van der Waals surface area contributed by atoms with Crippen molar-refractivity contribution in [1.82, 2.24) is 0 Å². The minimum Gasteiger partial charge on any atom is -0.462 e. The maximum absolute atomic E-state index is 12.7. The van der Waals surface area contributed by atoms with Crippen LogP contribution in [-0.4, -0.2) is 37.2 Å². The Morgan fingerprint density at radius 3 is 1.08 bits per heavy atom. The van der Waals surface area contributed by atoms with Crippen molar-refractivity contribution in [2.24, 2.45) is 5.92 Å². The quantitative estimate of drug-likeness (QED) is 0.0364. The molecule has 0 fully saturated rings. The molecule has 1 unspecified atom stereocenters. The second-order valence-corrected chi connectivity index (χ2v) is 14.7. The second kappa shape index (κ2) is 37.7. The normalized spacial score (nSPS) is 11.9. The van der Waals surface area contributed by atoms with E-state index in [1.165, 1.54) is 128 Å². The van der Waals surface area contributed by atoms with Crippen LogP contribution in [0.25, 0.3) is 0 Å². The molecule has 0 aromatic carbocycles. The first kappa shape index (κ1) is 47.4. The molecule has 1 atom stereocenters. The monoisotopic (exact) mass is 695 g/mol. The third kappa shape index (κ3) is 33.3. The highest BCUT2D eigenvalue weighted by Gasteiger charge is 2.23. The van der Waals surface area contributed by atoms with Gasteiger partial charge in [0.25, 0.3) is 0 Å². The van der Waals surface area contributed by atoms with Gasteiger partial charge in [0.1, 0.15) is 13.2 Å². The lowest BCUT2D eigenvalue weighted by molar-refractivity contribution is -0.168. The Kier molecular flexibility index (Phi) is 36.4. The predicted molar refractivity (Wildman–Crippen MR) is 206 cm³/mol. The lowest BCUT2D eigenvalue weighted by atomic mass is 9.99. The summed E-state index contributed by atoms with van der Waals surface area (Å²) in [5, 5.41) is 0. The Morgan fingerprint density at radius 2 is 0.714 bits per heavy atom. The van der Waals surface area contributed by atoms with Gasteiger partial charge in [0.05, 0.1) is 5.92 Å². The predicted octanol–water partition coefficient (Wildman–Crippen LogP) is 13.2. The van der Waals surface area contributed by atoms with Gasteiger partial charge < -0.3 is 14.2 Å². The van der Waals surface area contributed by atoms with Gasteiger partial charge in [-0.15, -0.1) is 0 Å². The van der Waals surface area contributed by atoms with E-state index in [0.717, 1.165) is 64.2 Å². The van der Waals surface area contributed by atoms with Crippen LogP contribution in [-0.2, 0) is 28.6 Å². The van der Waals surface area contributed by atoms with Gasteiger partial charge in [-0.1, -0.05) is 195 Å². The fourth-order valence-corrected chi connectivity index (χ4v) is 6.56. The molecule has 0 bridgehead atoms. The summed E-state index contributed by atoms with van der Waals surface area (Å²) < 4.78 is 16.8. The molecule has 290 valence electrons. The number of carbonyl (C=O) groups excluding carboxylic acids is 3. The van der Waals surface area contributed by atoms with Crippen molar-refractivity contribution in [1.29, 1.82) is 0 Å². The van der Waals surface area contributed by atoms with E-state index in [2.05, 4.69) is 27.7 Å². The van der Waals surface area contributed by atoms with E-state index in [-0.39, 0.29) is 37.0 Å². The Morgan fingerprint density at radius 1 is 0.388 bits per heavy atom. The number of hydrogen-bond donors (Lipinski definition) is 0. The van der Waals surface area contributed by atoms with Crippen LogP contribution >= 0.6 is 0 Å². The summed E-state index contributed by atoms with van der Waals surface area (Å²) in [5.74, 6) is -0.980. The van der Waals surface area contributed by atoms with Crippen molar-refractivity contribution in [3.8, 4) is 0 Å². The highest BCUT2D eigenvalue weighted by molar-refractivity contribution is 5.72. The van der Waals surface area contributed by atoms with Gasteiger partial charge in [-0.3, -0.25) is 14.4 Å². The van der Waals surface area contributed by atoms with E-state index >= 15 is 0 Å². The van der Waals surface area contributed by atoms with Crippen molar-refractivity contribution >= 4 is 17.9 Å². The van der Waals surface area contributed by atoms with Crippen LogP contribution in [0.3, 0.4) is 0 Å². The zero-order chi connectivity index (χ0) is 36.0. The van der Waals surface area contributed by atoms with Crippen LogP contribution in [0.5, 0.6) is 0 Å². The summed E-state index contributed by atoms with van der Waals surface area (Å²) in [5.41, 5.74) is 0. The van der Waals surface area contributed by atoms with E-state index < -0.39 is 6.10 Å². The summed E-state index contributed by atoms with van der Waals surface area (Å²) in [6, 6.07) is 0. The molecule has 0 spiro atoms. The molecule has 0 aromatic rings. The Bertz CT molecular complexity index is 732. The van der Waals surface area contributed by atoms with Crippen molar-refractivity contribution in [2.45, 2.75) is 239 Å². The molecule has 6 nitrogen and oxygen atoms in total. The number of rotatable bonds is 38. The molecule has 6 heteroatoms. The molecule has 0 rings (SSSR count). The fourth-order valence-electron chi connectivity index (χ4n) is 6.56. The summed E-state index contributed by atoms with van der Waals surface area (Å²) in [7, 11) is 0. The summed E-state index contributed by atoms with van der Waals surface area (Å²) in [4.78, 5) is 37.9. The molecule has 0 aliphatic heterocycles. The van der Waals surface area contributed by atoms with Gasteiger partial charge in [0.2, 0.25) is 0 Å². The van der Waals surface area contributed by atoms with Gasteiger partial charge in [-0.2, -0.15) is 0 Å². The first-order valence-corrected chi connectivity index (χ1v) is 21.5.